The fourth-order valence-corrected chi connectivity index (χ4v) is 4.70. The van der Waals surface area contributed by atoms with E-state index in [1.807, 2.05) is 37.3 Å². The van der Waals surface area contributed by atoms with Gasteiger partial charge in [0.1, 0.15) is 22.9 Å². The molecule has 1 fully saturated rings. The zero-order valence-electron chi connectivity index (χ0n) is 21.4. The van der Waals surface area contributed by atoms with E-state index in [1.165, 1.54) is 26.0 Å². The summed E-state index contributed by atoms with van der Waals surface area (Å²) in [6.45, 7) is 3.88. The van der Waals surface area contributed by atoms with Gasteiger partial charge in [-0.05, 0) is 25.8 Å². The van der Waals surface area contributed by atoms with Crippen LogP contribution in [0.1, 0.15) is 19.4 Å². The highest BCUT2D eigenvalue weighted by Gasteiger charge is 2.50. The van der Waals surface area contributed by atoms with E-state index >= 15 is 0 Å². The fraction of sp³-hybridized carbons (Fsp3) is 0.560. The number of thioether (sulfide) groups is 1. The van der Waals surface area contributed by atoms with E-state index in [0.717, 1.165) is 10.6 Å². The Balaban J connectivity index is 1.67. The molecule has 0 aromatic heterocycles. The van der Waals surface area contributed by atoms with Gasteiger partial charge in [0.25, 0.3) is 0 Å². The van der Waals surface area contributed by atoms with Crippen molar-refractivity contribution in [3.8, 4) is 0 Å². The standard InChI is InChI=1S/C25H34N4O7S/c1-15-26-11-20(37-15)24(33)29-19(13-35-4)23(32)28-18(12-34-3)22(31)27-17(21(30)25(2)14-36-25)10-16-8-6-5-7-9-16/h5-9,17-20H,10-14H2,1-4H3,(H,27,31)(H,28,32)(H,29,33)/t17-,18-,19-,20?,25+/m0/s1. The van der Waals surface area contributed by atoms with Crippen LogP contribution in [0, 0.1) is 0 Å². The molecule has 37 heavy (non-hydrogen) atoms. The second kappa shape index (κ2) is 13.1. The topological polar surface area (TPSA) is 148 Å². The predicted octanol–water partition coefficient (Wildman–Crippen LogP) is -0.132. The normalized spacial score (nSPS) is 22.8. The summed E-state index contributed by atoms with van der Waals surface area (Å²) in [4.78, 5) is 56.2. The van der Waals surface area contributed by atoms with E-state index in [2.05, 4.69) is 20.9 Å². The number of hydrogen-bond acceptors (Lipinski definition) is 9. The molecule has 0 aliphatic carbocycles. The molecule has 3 amide bonds. The largest absolute Gasteiger partial charge is 0.382 e. The van der Waals surface area contributed by atoms with Crippen LogP contribution in [-0.4, -0.2) is 98.1 Å². The number of nitrogens with zero attached hydrogens (tertiary/aromatic N) is 1. The Labute approximate surface area is 220 Å². The monoisotopic (exact) mass is 534 g/mol. The van der Waals surface area contributed by atoms with Crippen LogP contribution in [-0.2, 0) is 39.8 Å². The Bertz CT molecular complexity index is 1020. The van der Waals surface area contributed by atoms with Gasteiger partial charge in [0.05, 0.1) is 37.5 Å². The van der Waals surface area contributed by atoms with Gasteiger partial charge < -0.3 is 30.2 Å². The zero-order valence-corrected chi connectivity index (χ0v) is 22.3. The number of methoxy groups -OCH3 is 2. The molecule has 2 aliphatic heterocycles. The summed E-state index contributed by atoms with van der Waals surface area (Å²) in [6, 6.07) is 6.28. The highest BCUT2D eigenvalue weighted by Crippen LogP contribution is 2.29. The highest BCUT2D eigenvalue weighted by atomic mass is 32.2. The minimum Gasteiger partial charge on any atom is -0.382 e. The number of carbonyl (C=O) groups is 4. The smallest absolute Gasteiger partial charge is 0.245 e. The van der Waals surface area contributed by atoms with Gasteiger partial charge in [-0.2, -0.15) is 0 Å². The first-order valence-corrected chi connectivity index (χ1v) is 12.8. The number of nitrogens with one attached hydrogen (secondary N) is 3. The molecule has 11 nitrogen and oxygen atoms in total. The van der Waals surface area contributed by atoms with Crippen LogP contribution >= 0.6 is 11.8 Å². The summed E-state index contributed by atoms with van der Waals surface area (Å²) in [5.41, 5.74) is -0.0782. The van der Waals surface area contributed by atoms with E-state index in [9.17, 15) is 19.2 Å². The predicted molar refractivity (Wildman–Crippen MR) is 138 cm³/mol. The minimum atomic E-state index is -1.11. The third-order valence-corrected chi connectivity index (χ3v) is 7.15. The highest BCUT2D eigenvalue weighted by molar-refractivity contribution is 8.15. The number of ketones is 1. The third-order valence-electron chi connectivity index (χ3n) is 6.03. The van der Waals surface area contributed by atoms with Crippen LogP contribution < -0.4 is 16.0 Å². The maximum Gasteiger partial charge on any atom is 0.245 e. The van der Waals surface area contributed by atoms with Crippen molar-refractivity contribution in [2.24, 2.45) is 4.99 Å². The molecule has 2 heterocycles. The third kappa shape index (κ3) is 8.09. The Kier molecular flexibility index (Phi) is 10.2. The first-order valence-electron chi connectivity index (χ1n) is 12.0. The molecule has 0 radical (unpaired) electrons. The van der Waals surface area contributed by atoms with Gasteiger partial charge in [0.2, 0.25) is 17.7 Å². The van der Waals surface area contributed by atoms with Crippen molar-refractivity contribution in [2.45, 2.75) is 49.2 Å². The lowest BCUT2D eigenvalue weighted by atomic mass is 9.94. The zero-order chi connectivity index (χ0) is 27.0. The molecular formula is C25H34N4O7S. The lowest BCUT2D eigenvalue weighted by Crippen LogP contribution is -2.59. The fourth-order valence-electron chi connectivity index (χ4n) is 3.81. The molecule has 0 bridgehead atoms. The number of Topliss-reactive ketones (excluding diaryl/α,β-unsaturated/α-hetero) is 1. The molecule has 1 unspecified atom stereocenters. The second-order valence-corrected chi connectivity index (χ2v) is 10.5. The van der Waals surface area contributed by atoms with Crippen molar-refractivity contribution in [1.82, 2.24) is 16.0 Å². The van der Waals surface area contributed by atoms with Crippen molar-refractivity contribution in [1.29, 1.82) is 0 Å². The molecular weight excluding hydrogens is 500 g/mol. The quantitative estimate of drug-likeness (QED) is 0.280. The number of ether oxygens (including phenoxy) is 3. The van der Waals surface area contributed by atoms with E-state index in [-0.39, 0.29) is 37.9 Å². The lowest BCUT2D eigenvalue weighted by molar-refractivity contribution is -0.135. The molecule has 1 saturated heterocycles. The molecule has 12 heteroatoms. The number of amides is 3. The molecule has 0 spiro atoms. The number of hydrogen-bond donors (Lipinski definition) is 3. The van der Waals surface area contributed by atoms with Crippen LogP contribution in [0.4, 0.5) is 0 Å². The Morgan fingerprint density at radius 3 is 2.11 bits per heavy atom. The van der Waals surface area contributed by atoms with Gasteiger partial charge in [-0.25, -0.2) is 0 Å². The summed E-state index contributed by atoms with van der Waals surface area (Å²) in [5.74, 6) is -1.80. The second-order valence-electron chi connectivity index (χ2n) is 9.13. The molecule has 1 aromatic carbocycles. The van der Waals surface area contributed by atoms with Gasteiger partial charge in [0, 0.05) is 14.2 Å². The average Bonchev–Trinajstić information content (AvgIpc) is 3.48. The Hall–Kier alpha value is -2.80. The average molecular weight is 535 g/mol. The molecule has 2 aliphatic rings. The number of rotatable bonds is 14. The van der Waals surface area contributed by atoms with Gasteiger partial charge in [-0.1, -0.05) is 42.1 Å². The molecule has 0 saturated carbocycles. The summed E-state index contributed by atoms with van der Waals surface area (Å²) in [6.07, 6.45) is 0.265. The molecule has 5 atom stereocenters. The van der Waals surface area contributed by atoms with Gasteiger partial charge in [-0.15, -0.1) is 0 Å². The van der Waals surface area contributed by atoms with Crippen molar-refractivity contribution in [3.05, 3.63) is 35.9 Å². The van der Waals surface area contributed by atoms with Gasteiger partial charge >= 0.3 is 0 Å². The van der Waals surface area contributed by atoms with E-state index < -0.39 is 40.8 Å². The summed E-state index contributed by atoms with van der Waals surface area (Å²) < 4.78 is 15.6. The summed E-state index contributed by atoms with van der Waals surface area (Å²) >= 11 is 1.33. The molecule has 3 rings (SSSR count). The van der Waals surface area contributed by atoms with Gasteiger partial charge in [0.15, 0.2) is 5.78 Å². The number of benzene rings is 1. The summed E-state index contributed by atoms with van der Waals surface area (Å²) in [7, 11) is 2.80. The number of epoxide rings is 1. The van der Waals surface area contributed by atoms with Crippen molar-refractivity contribution >= 4 is 40.3 Å². The van der Waals surface area contributed by atoms with Crippen LogP contribution in [0.2, 0.25) is 0 Å². The molecule has 3 N–H and O–H groups in total. The van der Waals surface area contributed by atoms with E-state index in [1.54, 1.807) is 6.92 Å². The Morgan fingerprint density at radius 1 is 1.03 bits per heavy atom. The van der Waals surface area contributed by atoms with Crippen LogP contribution in [0.5, 0.6) is 0 Å². The van der Waals surface area contributed by atoms with Crippen molar-refractivity contribution in [3.63, 3.8) is 0 Å². The van der Waals surface area contributed by atoms with Crippen LogP contribution in [0.25, 0.3) is 0 Å². The van der Waals surface area contributed by atoms with Crippen molar-refractivity contribution < 1.29 is 33.4 Å². The molecule has 202 valence electrons. The summed E-state index contributed by atoms with van der Waals surface area (Å²) in [5, 5.41) is 8.43. The Morgan fingerprint density at radius 2 is 1.59 bits per heavy atom. The van der Waals surface area contributed by atoms with Crippen LogP contribution in [0.3, 0.4) is 0 Å². The molecule has 1 aromatic rings. The van der Waals surface area contributed by atoms with E-state index in [0.29, 0.717) is 6.54 Å². The SMILES string of the molecule is COC[C@H](NC(=O)C1CN=C(C)S1)C(=O)N[C@@H](COC)C(=O)N[C@@H](Cc1ccccc1)C(=O)[C@@]1(C)CO1. The number of carbonyl (C=O) groups excluding carboxylic acids is 4. The van der Waals surface area contributed by atoms with Gasteiger partial charge in [-0.3, -0.25) is 24.2 Å². The van der Waals surface area contributed by atoms with Crippen LogP contribution in [0.15, 0.2) is 35.3 Å². The lowest BCUT2D eigenvalue weighted by Gasteiger charge is -2.25. The van der Waals surface area contributed by atoms with E-state index in [4.69, 9.17) is 14.2 Å². The first-order chi connectivity index (χ1) is 17.7. The maximum atomic E-state index is 13.2. The first kappa shape index (κ1) is 28.8. The number of aliphatic imine (C=N–C) groups is 1. The van der Waals surface area contributed by atoms with Crippen molar-refractivity contribution in [2.75, 3.05) is 40.6 Å². The maximum absolute atomic E-state index is 13.2. The minimum absolute atomic E-state index is 0.0963.